The number of aromatic nitrogens is 2. The third-order valence-corrected chi connectivity index (χ3v) is 2.70. The molecule has 0 unspecified atom stereocenters. The number of aromatic carboxylic acids is 1. The monoisotopic (exact) mass is 221 g/mol. The zero-order chi connectivity index (χ0) is 10.8. The normalized spacial score (nSPS) is 10.1. The molecule has 0 aliphatic carbocycles. The van der Waals surface area contributed by atoms with Crippen LogP contribution < -0.4 is 5.73 Å². The van der Waals surface area contributed by atoms with Gasteiger partial charge in [-0.15, -0.1) is 0 Å². The van der Waals surface area contributed by atoms with Crippen molar-refractivity contribution in [3.8, 4) is 10.4 Å². The number of thiazole rings is 1. The summed E-state index contributed by atoms with van der Waals surface area (Å²) >= 11 is 1.14. The van der Waals surface area contributed by atoms with Crippen molar-refractivity contribution >= 4 is 22.4 Å². The number of carboxylic acid groups (broad SMARTS) is 1. The molecule has 0 aromatic carbocycles. The van der Waals surface area contributed by atoms with Gasteiger partial charge in [-0.1, -0.05) is 17.4 Å². The van der Waals surface area contributed by atoms with E-state index in [0.29, 0.717) is 10.4 Å². The van der Waals surface area contributed by atoms with Crippen LogP contribution >= 0.6 is 11.3 Å². The van der Waals surface area contributed by atoms with E-state index in [1.807, 2.05) is 0 Å². The zero-order valence-electron chi connectivity index (χ0n) is 7.54. The summed E-state index contributed by atoms with van der Waals surface area (Å²) in [7, 11) is 0. The average Bonchev–Trinajstić information content (AvgIpc) is 2.62. The molecule has 0 atom stereocenters. The van der Waals surface area contributed by atoms with E-state index < -0.39 is 5.97 Å². The highest BCUT2D eigenvalue weighted by Crippen LogP contribution is 2.30. The summed E-state index contributed by atoms with van der Waals surface area (Å²) in [5.74, 6) is -1.08. The maximum absolute atomic E-state index is 10.9. The van der Waals surface area contributed by atoms with Crippen molar-refractivity contribution in [1.82, 2.24) is 9.97 Å². The fraction of sp³-hybridized carbons (Fsp3) is 0. The minimum absolute atomic E-state index is 0.0227. The van der Waals surface area contributed by atoms with Crippen LogP contribution in [-0.2, 0) is 0 Å². The summed E-state index contributed by atoms with van der Waals surface area (Å²) in [6.07, 6.45) is 3.20. The van der Waals surface area contributed by atoms with Gasteiger partial charge in [0.15, 0.2) is 10.8 Å². The fourth-order valence-corrected chi connectivity index (χ4v) is 1.99. The summed E-state index contributed by atoms with van der Waals surface area (Å²) < 4.78 is 0. The number of carbonyl (C=O) groups is 1. The number of nitrogens with two attached hydrogens (primary N) is 1. The molecule has 2 rings (SSSR count). The molecule has 0 aliphatic heterocycles. The van der Waals surface area contributed by atoms with Gasteiger partial charge in [0.25, 0.3) is 0 Å². The van der Waals surface area contributed by atoms with E-state index in [2.05, 4.69) is 9.97 Å². The van der Waals surface area contributed by atoms with Crippen LogP contribution in [0.5, 0.6) is 0 Å². The van der Waals surface area contributed by atoms with Crippen molar-refractivity contribution < 1.29 is 9.90 Å². The van der Waals surface area contributed by atoms with Crippen LogP contribution in [0.4, 0.5) is 5.13 Å². The molecule has 0 bridgehead atoms. The van der Waals surface area contributed by atoms with Crippen molar-refractivity contribution in [1.29, 1.82) is 0 Å². The third-order valence-electron chi connectivity index (χ3n) is 1.77. The lowest BCUT2D eigenvalue weighted by atomic mass is 10.2. The summed E-state index contributed by atoms with van der Waals surface area (Å²) in [4.78, 5) is 19.1. The van der Waals surface area contributed by atoms with Gasteiger partial charge in [0.2, 0.25) is 0 Å². The number of nitrogen functional groups attached to an aromatic ring is 1. The van der Waals surface area contributed by atoms with Gasteiger partial charge in [0, 0.05) is 18.0 Å². The molecule has 0 aliphatic rings. The molecule has 2 aromatic heterocycles. The van der Waals surface area contributed by atoms with E-state index in [1.54, 1.807) is 24.5 Å². The number of nitrogens with zero attached hydrogens (tertiary/aromatic N) is 2. The van der Waals surface area contributed by atoms with Gasteiger partial charge < -0.3 is 10.8 Å². The number of pyridine rings is 1. The van der Waals surface area contributed by atoms with E-state index in [9.17, 15) is 4.79 Å². The molecule has 0 saturated heterocycles. The molecule has 2 aromatic rings. The Labute approximate surface area is 89.2 Å². The lowest BCUT2D eigenvalue weighted by Gasteiger charge is -1.96. The van der Waals surface area contributed by atoms with Crippen molar-refractivity contribution in [2.75, 3.05) is 5.73 Å². The third kappa shape index (κ3) is 1.79. The van der Waals surface area contributed by atoms with Crippen LogP contribution in [0, 0.1) is 0 Å². The van der Waals surface area contributed by atoms with Crippen LogP contribution in [0.3, 0.4) is 0 Å². The molecule has 0 spiro atoms. The highest BCUT2D eigenvalue weighted by atomic mass is 32.1. The maximum atomic E-state index is 10.9. The van der Waals surface area contributed by atoms with Crippen LogP contribution in [0.1, 0.15) is 10.5 Å². The summed E-state index contributed by atoms with van der Waals surface area (Å²) in [5, 5.41) is 9.15. The van der Waals surface area contributed by atoms with Crippen molar-refractivity contribution in [3.05, 3.63) is 30.2 Å². The summed E-state index contributed by atoms with van der Waals surface area (Å²) in [6, 6.07) is 3.50. The van der Waals surface area contributed by atoms with Gasteiger partial charge in [-0.2, -0.15) is 0 Å². The standard InChI is InChI=1S/C9H7N3O2S/c10-9-12-6(8(13)14)7(15-9)5-2-1-3-11-4-5/h1-4H,(H2,10,12)(H,13,14). The van der Waals surface area contributed by atoms with Gasteiger partial charge in [-0.05, 0) is 6.07 Å². The Balaban J connectivity index is 2.58. The molecule has 0 amide bonds. The number of rotatable bonds is 2. The first-order valence-corrected chi connectivity index (χ1v) is 4.90. The van der Waals surface area contributed by atoms with Crippen LogP contribution in [-0.4, -0.2) is 21.0 Å². The molecule has 0 radical (unpaired) electrons. The second-order valence-electron chi connectivity index (χ2n) is 2.78. The van der Waals surface area contributed by atoms with Crippen molar-refractivity contribution in [2.24, 2.45) is 0 Å². The number of hydrogen-bond acceptors (Lipinski definition) is 5. The smallest absolute Gasteiger partial charge is 0.356 e. The van der Waals surface area contributed by atoms with Crippen LogP contribution in [0.15, 0.2) is 24.5 Å². The number of carboxylic acids is 1. The molecule has 76 valence electrons. The zero-order valence-corrected chi connectivity index (χ0v) is 8.36. The van der Waals surface area contributed by atoms with Crippen LogP contribution in [0.25, 0.3) is 10.4 Å². The topological polar surface area (TPSA) is 89.1 Å². The van der Waals surface area contributed by atoms with E-state index in [0.717, 1.165) is 11.3 Å². The Morgan fingerprint density at radius 2 is 2.33 bits per heavy atom. The molecule has 5 nitrogen and oxygen atoms in total. The van der Waals surface area contributed by atoms with Gasteiger partial charge in [-0.3, -0.25) is 4.98 Å². The molecular weight excluding hydrogens is 214 g/mol. The molecule has 15 heavy (non-hydrogen) atoms. The quantitative estimate of drug-likeness (QED) is 0.801. The first-order valence-electron chi connectivity index (χ1n) is 4.08. The van der Waals surface area contributed by atoms with E-state index in [4.69, 9.17) is 10.8 Å². The van der Waals surface area contributed by atoms with E-state index in [-0.39, 0.29) is 10.8 Å². The molecule has 3 N–H and O–H groups in total. The fourth-order valence-electron chi connectivity index (χ4n) is 1.17. The van der Waals surface area contributed by atoms with Gasteiger partial charge in [0.05, 0.1) is 4.88 Å². The van der Waals surface area contributed by atoms with Crippen LogP contribution in [0.2, 0.25) is 0 Å². The second-order valence-corrected chi connectivity index (χ2v) is 3.81. The van der Waals surface area contributed by atoms with E-state index >= 15 is 0 Å². The maximum Gasteiger partial charge on any atom is 0.356 e. The lowest BCUT2D eigenvalue weighted by Crippen LogP contribution is -1.99. The Hall–Kier alpha value is -1.95. The summed E-state index contributed by atoms with van der Waals surface area (Å²) in [6.45, 7) is 0. The predicted octanol–water partition coefficient (Wildman–Crippen LogP) is 1.49. The highest BCUT2D eigenvalue weighted by molar-refractivity contribution is 7.19. The van der Waals surface area contributed by atoms with Gasteiger partial charge in [0.1, 0.15) is 0 Å². The first-order chi connectivity index (χ1) is 7.18. The Morgan fingerprint density at radius 1 is 1.53 bits per heavy atom. The second kappa shape index (κ2) is 3.66. The predicted molar refractivity (Wildman–Crippen MR) is 56.7 cm³/mol. The molecule has 0 fully saturated rings. The van der Waals surface area contributed by atoms with E-state index in [1.165, 1.54) is 0 Å². The van der Waals surface area contributed by atoms with Crippen molar-refractivity contribution in [3.63, 3.8) is 0 Å². The van der Waals surface area contributed by atoms with Crippen molar-refractivity contribution in [2.45, 2.75) is 0 Å². The summed E-state index contributed by atoms with van der Waals surface area (Å²) in [5.41, 5.74) is 6.17. The Kier molecular flexibility index (Phi) is 2.34. The molecule has 2 heterocycles. The Bertz CT molecular complexity index is 495. The minimum Gasteiger partial charge on any atom is -0.476 e. The average molecular weight is 221 g/mol. The molecular formula is C9H7N3O2S. The highest BCUT2D eigenvalue weighted by Gasteiger charge is 2.17. The van der Waals surface area contributed by atoms with Gasteiger partial charge in [-0.25, -0.2) is 9.78 Å². The SMILES string of the molecule is Nc1nc(C(=O)O)c(-c2cccnc2)s1. The first kappa shape index (κ1) is 9.60. The minimum atomic E-state index is -1.08. The molecule has 0 saturated carbocycles. The molecule has 6 heteroatoms. The number of hydrogen-bond donors (Lipinski definition) is 2. The van der Waals surface area contributed by atoms with Gasteiger partial charge >= 0.3 is 5.97 Å². The number of anilines is 1. The Morgan fingerprint density at radius 3 is 2.93 bits per heavy atom. The largest absolute Gasteiger partial charge is 0.476 e. The lowest BCUT2D eigenvalue weighted by molar-refractivity contribution is 0.0692.